The molecule has 3 amide bonds. The number of nitrogens with one attached hydrogen (secondary N) is 3. The van der Waals surface area contributed by atoms with Gasteiger partial charge < -0.3 is 20.5 Å². The van der Waals surface area contributed by atoms with Gasteiger partial charge in [-0.2, -0.15) is 0 Å². The molecule has 0 spiro atoms. The van der Waals surface area contributed by atoms with Crippen molar-refractivity contribution in [3.63, 3.8) is 0 Å². The number of H-pyrrole nitrogens is 1. The highest BCUT2D eigenvalue weighted by Gasteiger charge is 2.44. The van der Waals surface area contributed by atoms with Crippen LogP contribution >= 0.6 is 0 Å². The Bertz CT molecular complexity index is 642. The molecular formula is C19H28N4O3. The molecule has 2 heterocycles. The number of rotatable bonds is 4. The number of nitrogens with zero attached hydrogens (tertiary/aromatic N) is 1. The Morgan fingerprint density at radius 2 is 1.85 bits per heavy atom. The van der Waals surface area contributed by atoms with E-state index >= 15 is 0 Å². The molecule has 0 bridgehead atoms. The van der Waals surface area contributed by atoms with Crippen molar-refractivity contribution in [1.82, 2.24) is 20.5 Å². The summed E-state index contributed by atoms with van der Waals surface area (Å²) in [5, 5.41) is 5.57. The molecule has 0 radical (unpaired) electrons. The summed E-state index contributed by atoms with van der Waals surface area (Å²) >= 11 is 0. The Balaban J connectivity index is 1.66. The highest BCUT2D eigenvalue weighted by atomic mass is 16.2. The molecule has 7 nitrogen and oxygen atoms in total. The summed E-state index contributed by atoms with van der Waals surface area (Å²) in [5.74, 6) is -0.163. The first-order valence-electron chi connectivity index (χ1n) is 9.52. The average molecular weight is 360 g/mol. The molecule has 7 heteroatoms. The number of likely N-dealkylation sites (N-methyl/N-ethyl adjacent to an activating group) is 1. The van der Waals surface area contributed by atoms with Gasteiger partial charge in [-0.3, -0.25) is 14.4 Å². The predicted octanol–water partition coefficient (Wildman–Crippen LogP) is 1.43. The highest BCUT2D eigenvalue weighted by Crippen LogP contribution is 2.29. The number of hydrogen-bond acceptors (Lipinski definition) is 3. The minimum Gasteiger partial charge on any atom is -0.357 e. The Morgan fingerprint density at radius 1 is 1.15 bits per heavy atom. The number of piperidine rings is 1. The van der Waals surface area contributed by atoms with Crippen LogP contribution in [0.15, 0.2) is 18.3 Å². The molecular weight excluding hydrogens is 332 g/mol. The maximum atomic E-state index is 12.7. The maximum Gasteiger partial charge on any atom is 0.268 e. The summed E-state index contributed by atoms with van der Waals surface area (Å²) in [4.78, 5) is 42.5. The van der Waals surface area contributed by atoms with Gasteiger partial charge in [0.05, 0.1) is 0 Å². The van der Waals surface area contributed by atoms with E-state index in [0.717, 1.165) is 25.7 Å². The number of likely N-dealkylation sites (tertiary alicyclic amines) is 1. The van der Waals surface area contributed by atoms with Crippen LogP contribution in [0.4, 0.5) is 0 Å². The van der Waals surface area contributed by atoms with Gasteiger partial charge in [0.25, 0.3) is 5.91 Å². The topological polar surface area (TPSA) is 94.3 Å². The fourth-order valence-corrected chi connectivity index (χ4v) is 4.12. The van der Waals surface area contributed by atoms with Gasteiger partial charge >= 0.3 is 0 Å². The molecule has 2 aliphatic rings. The second kappa shape index (κ2) is 7.93. The SMILES string of the molecule is CNC(=O)C1(NC(=O)c2ccc[nH]2)CCN(C(=O)C2CCCCC2)CC1. The number of hydrogen-bond donors (Lipinski definition) is 3. The van der Waals surface area contributed by atoms with Gasteiger partial charge in [0.2, 0.25) is 11.8 Å². The van der Waals surface area contributed by atoms with E-state index in [4.69, 9.17) is 0 Å². The van der Waals surface area contributed by atoms with E-state index in [0.29, 0.717) is 31.6 Å². The van der Waals surface area contributed by atoms with Crippen LogP contribution in [0.3, 0.4) is 0 Å². The zero-order valence-electron chi connectivity index (χ0n) is 15.3. The van der Waals surface area contributed by atoms with E-state index in [2.05, 4.69) is 15.6 Å². The molecule has 142 valence electrons. The van der Waals surface area contributed by atoms with Gasteiger partial charge in [0, 0.05) is 32.3 Å². The van der Waals surface area contributed by atoms with Crippen LogP contribution < -0.4 is 10.6 Å². The first-order chi connectivity index (χ1) is 12.6. The summed E-state index contributed by atoms with van der Waals surface area (Å²) in [6.07, 6.45) is 7.94. The zero-order valence-corrected chi connectivity index (χ0v) is 15.3. The summed E-state index contributed by atoms with van der Waals surface area (Å²) < 4.78 is 0. The zero-order chi connectivity index (χ0) is 18.6. The molecule has 1 saturated carbocycles. The molecule has 3 rings (SSSR count). The quantitative estimate of drug-likeness (QED) is 0.758. The van der Waals surface area contributed by atoms with E-state index in [9.17, 15) is 14.4 Å². The molecule has 0 unspecified atom stereocenters. The fraction of sp³-hybridized carbons (Fsp3) is 0.632. The van der Waals surface area contributed by atoms with Crippen LogP contribution in [-0.2, 0) is 9.59 Å². The minimum atomic E-state index is -0.972. The monoisotopic (exact) mass is 360 g/mol. The van der Waals surface area contributed by atoms with Gasteiger partial charge in [-0.25, -0.2) is 0 Å². The number of carbonyl (C=O) groups is 3. The van der Waals surface area contributed by atoms with Crippen molar-refractivity contribution in [3.05, 3.63) is 24.0 Å². The van der Waals surface area contributed by atoms with Crippen LogP contribution in [0.25, 0.3) is 0 Å². The molecule has 1 aliphatic carbocycles. The van der Waals surface area contributed by atoms with Gasteiger partial charge in [0.15, 0.2) is 0 Å². The summed E-state index contributed by atoms with van der Waals surface area (Å²) in [7, 11) is 1.57. The van der Waals surface area contributed by atoms with Gasteiger partial charge in [-0.1, -0.05) is 19.3 Å². The van der Waals surface area contributed by atoms with Crippen LogP contribution in [0.2, 0.25) is 0 Å². The van der Waals surface area contributed by atoms with Crippen molar-refractivity contribution in [2.45, 2.75) is 50.5 Å². The number of carbonyl (C=O) groups excluding carboxylic acids is 3. The third kappa shape index (κ3) is 3.76. The van der Waals surface area contributed by atoms with Gasteiger partial charge in [-0.05, 0) is 37.8 Å². The Labute approximate surface area is 153 Å². The summed E-state index contributed by atoms with van der Waals surface area (Å²) in [6, 6.07) is 3.42. The second-order valence-electron chi connectivity index (χ2n) is 7.36. The van der Waals surface area contributed by atoms with Crippen molar-refractivity contribution in [2.75, 3.05) is 20.1 Å². The molecule has 26 heavy (non-hydrogen) atoms. The van der Waals surface area contributed by atoms with Crippen molar-refractivity contribution < 1.29 is 14.4 Å². The number of aromatic amines is 1. The third-order valence-corrected chi connectivity index (χ3v) is 5.74. The lowest BCUT2D eigenvalue weighted by Gasteiger charge is -2.42. The first-order valence-corrected chi connectivity index (χ1v) is 9.52. The smallest absolute Gasteiger partial charge is 0.268 e. The minimum absolute atomic E-state index is 0.129. The van der Waals surface area contributed by atoms with E-state index in [1.54, 1.807) is 25.4 Å². The van der Waals surface area contributed by atoms with Crippen molar-refractivity contribution in [3.8, 4) is 0 Å². The van der Waals surface area contributed by atoms with Crippen LogP contribution in [0, 0.1) is 5.92 Å². The lowest BCUT2D eigenvalue weighted by molar-refractivity contribution is -0.141. The third-order valence-electron chi connectivity index (χ3n) is 5.74. The maximum absolute atomic E-state index is 12.7. The largest absolute Gasteiger partial charge is 0.357 e. The van der Waals surface area contributed by atoms with Crippen LogP contribution in [0.5, 0.6) is 0 Å². The number of amides is 3. The fourth-order valence-electron chi connectivity index (χ4n) is 4.12. The molecule has 1 aromatic heterocycles. The Hall–Kier alpha value is -2.31. The molecule has 3 N–H and O–H groups in total. The number of aromatic nitrogens is 1. The lowest BCUT2D eigenvalue weighted by atomic mass is 9.84. The molecule has 0 atom stereocenters. The van der Waals surface area contributed by atoms with Gasteiger partial charge in [0.1, 0.15) is 11.2 Å². The predicted molar refractivity (Wildman–Crippen MR) is 97.4 cm³/mol. The molecule has 0 aromatic carbocycles. The standard InChI is InChI=1S/C19H28N4O3/c1-20-18(26)19(22-16(24)15-8-5-11-21-15)9-12-23(13-10-19)17(25)14-6-3-2-4-7-14/h5,8,11,14,21H,2-4,6-7,9-10,12-13H2,1H3,(H,20,26)(H,22,24). The van der Waals surface area contributed by atoms with Crippen LogP contribution in [-0.4, -0.2) is 53.3 Å². The molecule has 1 saturated heterocycles. The van der Waals surface area contributed by atoms with Crippen LogP contribution in [0.1, 0.15) is 55.4 Å². The molecule has 1 aliphatic heterocycles. The van der Waals surface area contributed by atoms with E-state index in [-0.39, 0.29) is 23.6 Å². The molecule has 2 fully saturated rings. The first kappa shape index (κ1) is 18.5. The van der Waals surface area contributed by atoms with E-state index in [1.165, 1.54) is 6.42 Å². The van der Waals surface area contributed by atoms with Crippen molar-refractivity contribution in [2.24, 2.45) is 5.92 Å². The lowest BCUT2D eigenvalue weighted by Crippen LogP contribution is -2.63. The normalized spacial score (nSPS) is 20.4. The summed E-state index contributed by atoms with van der Waals surface area (Å²) in [5.41, 5.74) is -0.547. The molecule has 1 aromatic rings. The second-order valence-corrected chi connectivity index (χ2v) is 7.36. The Kier molecular flexibility index (Phi) is 5.64. The van der Waals surface area contributed by atoms with E-state index in [1.807, 2.05) is 4.90 Å². The van der Waals surface area contributed by atoms with Crippen molar-refractivity contribution in [1.29, 1.82) is 0 Å². The average Bonchev–Trinajstić information content (AvgIpc) is 3.23. The highest BCUT2D eigenvalue weighted by molar-refractivity contribution is 5.98. The van der Waals surface area contributed by atoms with Gasteiger partial charge in [-0.15, -0.1) is 0 Å². The summed E-state index contributed by atoms with van der Waals surface area (Å²) in [6.45, 7) is 0.988. The van der Waals surface area contributed by atoms with Crippen molar-refractivity contribution >= 4 is 17.7 Å². The van der Waals surface area contributed by atoms with E-state index < -0.39 is 5.54 Å². The Morgan fingerprint density at radius 3 is 2.42 bits per heavy atom.